The average molecular weight is 285 g/mol. The second-order valence-electron chi connectivity index (χ2n) is 6.00. The number of carbonyl (C=O) groups is 1. The van der Waals surface area contributed by atoms with Crippen LogP contribution in [0.4, 0.5) is 5.69 Å². The topological polar surface area (TPSA) is 67.2 Å². The van der Waals surface area contributed by atoms with Crippen LogP contribution in [0.25, 0.3) is 11.1 Å². The molecule has 5 heteroatoms. The first kappa shape index (κ1) is 12.8. The molecule has 2 aliphatic rings. The molecule has 21 heavy (non-hydrogen) atoms. The van der Waals surface area contributed by atoms with Gasteiger partial charge in [-0.1, -0.05) is 6.42 Å². The summed E-state index contributed by atoms with van der Waals surface area (Å²) in [5.41, 5.74) is 2.41. The molecule has 1 saturated heterocycles. The minimum absolute atomic E-state index is 0.0416. The van der Waals surface area contributed by atoms with E-state index in [1.165, 1.54) is 12.8 Å². The zero-order valence-corrected chi connectivity index (χ0v) is 11.9. The number of benzene rings is 1. The van der Waals surface area contributed by atoms with Crippen LogP contribution in [-0.2, 0) is 4.79 Å². The Morgan fingerprint density at radius 3 is 2.95 bits per heavy atom. The highest BCUT2D eigenvalue weighted by Gasteiger charge is 2.29. The maximum atomic E-state index is 12.2. The summed E-state index contributed by atoms with van der Waals surface area (Å²) in [6.07, 6.45) is 5.51. The highest BCUT2D eigenvalue weighted by molar-refractivity contribution is 5.96. The van der Waals surface area contributed by atoms with Crippen molar-refractivity contribution in [1.29, 1.82) is 0 Å². The van der Waals surface area contributed by atoms with Gasteiger partial charge in [-0.2, -0.15) is 0 Å². The van der Waals surface area contributed by atoms with Crippen molar-refractivity contribution in [3.05, 3.63) is 24.1 Å². The normalized spacial score (nSPS) is 22.4. The molecule has 1 aliphatic carbocycles. The number of aromatic nitrogens is 1. The summed E-state index contributed by atoms with van der Waals surface area (Å²) < 4.78 is 5.73. The largest absolute Gasteiger partial charge is 0.440 e. The van der Waals surface area contributed by atoms with Crippen LogP contribution in [0.1, 0.15) is 43.9 Å². The zero-order chi connectivity index (χ0) is 14.2. The van der Waals surface area contributed by atoms with Gasteiger partial charge in [-0.3, -0.25) is 4.79 Å². The molecule has 0 radical (unpaired) electrons. The fourth-order valence-corrected chi connectivity index (χ4v) is 2.83. The van der Waals surface area contributed by atoms with E-state index in [9.17, 15) is 4.79 Å². The van der Waals surface area contributed by atoms with Crippen molar-refractivity contribution in [1.82, 2.24) is 10.3 Å². The molecular formula is C16H19N3O2. The Morgan fingerprint density at radius 2 is 2.19 bits per heavy atom. The van der Waals surface area contributed by atoms with Crippen LogP contribution in [0.2, 0.25) is 0 Å². The van der Waals surface area contributed by atoms with E-state index < -0.39 is 0 Å². The van der Waals surface area contributed by atoms with Crippen LogP contribution >= 0.6 is 0 Å². The van der Waals surface area contributed by atoms with Crippen molar-refractivity contribution < 1.29 is 9.21 Å². The van der Waals surface area contributed by atoms with Crippen LogP contribution in [0.15, 0.2) is 22.6 Å². The van der Waals surface area contributed by atoms with Gasteiger partial charge in [0.15, 0.2) is 11.5 Å². The standard InChI is InChI=1S/C16H19N3O2/c20-15(12-3-1-2-8-17-12)18-11-6-7-14-13(9-11)19-16(21-14)10-4-5-10/h6-7,9-10,12,17H,1-5,8H2,(H,18,20)/t12-/m0/s1. The fraction of sp³-hybridized carbons (Fsp3) is 0.500. The number of anilines is 1. The Hall–Kier alpha value is -1.88. The molecule has 0 bridgehead atoms. The first-order chi connectivity index (χ1) is 10.3. The minimum atomic E-state index is -0.0752. The van der Waals surface area contributed by atoms with E-state index in [-0.39, 0.29) is 11.9 Å². The van der Waals surface area contributed by atoms with Gasteiger partial charge >= 0.3 is 0 Å². The first-order valence-electron chi connectivity index (χ1n) is 7.74. The van der Waals surface area contributed by atoms with Gasteiger partial charge in [0.2, 0.25) is 5.91 Å². The van der Waals surface area contributed by atoms with Crippen molar-refractivity contribution in [2.45, 2.75) is 44.1 Å². The summed E-state index contributed by atoms with van der Waals surface area (Å²) in [7, 11) is 0. The van der Waals surface area contributed by atoms with Crippen molar-refractivity contribution in [2.75, 3.05) is 11.9 Å². The molecule has 1 amide bonds. The lowest BCUT2D eigenvalue weighted by atomic mass is 10.0. The van der Waals surface area contributed by atoms with Gasteiger partial charge in [0.1, 0.15) is 5.52 Å². The summed E-state index contributed by atoms with van der Waals surface area (Å²) in [6, 6.07) is 5.59. The SMILES string of the molecule is O=C(Nc1ccc2oc(C3CC3)nc2c1)[C@@H]1CCCCN1. The Bertz CT molecular complexity index is 669. The van der Waals surface area contributed by atoms with E-state index in [0.717, 1.165) is 48.5 Å². The van der Waals surface area contributed by atoms with Gasteiger partial charge in [-0.05, 0) is 50.4 Å². The van der Waals surface area contributed by atoms with Gasteiger partial charge in [-0.15, -0.1) is 0 Å². The Balaban J connectivity index is 1.51. The number of carbonyl (C=O) groups excluding carboxylic acids is 1. The molecule has 1 aromatic heterocycles. The minimum Gasteiger partial charge on any atom is -0.440 e. The highest BCUT2D eigenvalue weighted by atomic mass is 16.3. The van der Waals surface area contributed by atoms with E-state index >= 15 is 0 Å². The van der Waals surface area contributed by atoms with Gasteiger partial charge in [0, 0.05) is 11.6 Å². The van der Waals surface area contributed by atoms with Crippen LogP contribution < -0.4 is 10.6 Å². The van der Waals surface area contributed by atoms with Crippen LogP contribution in [0, 0.1) is 0 Å². The molecule has 0 unspecified atom stereocenters. The first-order valence-corrected chi connectivity index (χ1v) is 7.74. The number of hydrogen-bond donors (Lipinski definition) is 2. The molecule has 1 aromatic carbocycles. The van der Waals surface area contributed by atoms with E-state index in [0.29, 0.717) is 5.92 Å². The highest BCUT2D eigenvalue weighted by Crippen LogP contribution is 2.40. The number of nitrogens with one attached hydrogen (secondary N) is 2. The van der Waals surface area contributed by atoms with E-state index in [1.54, 1.807) is 0 Å². The number of fused-ring (bicyclic) bond motifs is 1. The van der Waals surface area contributed by atoms with Crippen LogP contribution in [0.5, 0.6) is 0 Å². The second kappa shape index (κ2) is 5.15. The maximum Gasteiger partial charge on any atom is 0.241 e. The third kappa shape index (κ3) is 2.65. The summed E-state index contributed by atoms with van der Waals surface area (Å²) in [5.74, 6) is 1.38. The number of oxazole rings is 1. The number of rotatable bonds is 3. The Labute approximate surface area is 123 Å². The lowest BCUT2D eigenvalue weighted by Gasteiger charge is -2.22. The molecule has 1 saturated carbocycles. The number of hydrogen-bond acceptors (Lipinski definition) is 4. The van der Waals surface area contributed by atoms with Gasteiger partial charge in [0.05, 0.1) is 6.04 Å². The summed E-state index contributed by atoms with van der Waals surface area (Å²) >= 11 is 0. The Kier molecular flexibility index (Phi) is 3.15. The molecular weight excluding hydrogens is 266 g/mol. The van der Waals surface area contributed by atoms with Crippen LogP contribution in [0.3, 0.4) is 0 Å². The van der Waals surface area contributed by atoms with Gasteiger partial charge < -0.3 is 15.1 Å². The molecule has 5 nitrogen and oxygen atoms in total. The molecule has 2 fully saturated rings. The molecule has 0 spiro atoms. The van der Waals surface area contributed by atoms with Gasteiger partial charge in [0.25, 0.3) is 0 Å². The van der Waals surface area contributed by atoms with Crippen molar-refractivity contribution in [2.24, 2.45) is 0 Å². The average Bonchev–Trinajstić information content (AvgIpc) is 3.28. The van der Waals surface area contributed by atoms with Crippen molar-refractivity contribution in [3.63, 3.8) is 0 Å². The number of amides is 1. The predicted molar refractivity (Wildman–Crippen MR) is 80.3 cm³/mol. The molecule has 2 N–H and O–H groups in total. The lowest BCUT2D eigenvalue weighted by Crippen LogP contribution is -2.43. The fourth-order valence-electron chi connectivity index (χ4n) is 2.83. The Morgan fingerprint density at radius 1 is 1.29 bits per heavy atom. The number of piperidine rings is 1. The number of nitrogens with zero attached hydrogens (tertiary/aromatic N) is 1. The molecule has 4 rings (SSSR count). The van der Waals surface area contributed by atoms with Crippen LogP contribution in [-0.4, -0.2) is 23.5 Å². The van der Waals surface area contributed by atoms with Crippen molar-refractivity contribution >= 4 is 22.7 Å². The summed E-state index contributed by atoms with van der Waals surface area (Å²) in [4.78, 5) is 16.7. The second-order valence-corrected chi connectivity index (χ2v) is 6.00. The predicted octanol–water partition coefficient (Wildman–Crippen LogP) is 2.79. The monoisotopic (exact) mass is 285 g/mol. The third-order valence-electron chi connectivity index (χ3n) is 4.23. The maximum absolute atomic E-state index is 12.2. The quantitative estimate of drug-likeness (QED) is 0.910. The third-order valence-corrected chi connectivity index (χ3v) is 4.23. The molecule has 2 aromatic rings. The van der Waals surface area contributed by atoms with E-state index in [4.69, 9.17) is 4.42 Å². The lowest BCUT2D eigenvalue weighted by molar-refractivity contribution is -0.118. The van der Waals surface area contributed by atoms with Gasteiger partial charge in [-0.25, -0.2) is 4.98 Å². The van der Waals surface area contributed by atoms with Crippen molar-refractivity contribution in [3.8, 4) is 0 Å². The molecule has 2 heterocycles. The molecule has 110 valence electrons. The van der Waals surface area contributed by atoms with E-state index in [1.807, 2.05) is 18.2 Å². The molecule has 1 aliphatic heterocycles. The zero-order valence-electron chi connectivity index (χ0n) is 11.9. The smallest absolute Gasteiger partial charge is 0.241 e. The summed E-state index contributed by atoms with van der Waals surface area (Å²) in [6.45, 7) is 0.922. The molecule has 1 atom stereocenters. The van der Waals surface area contributed by atoms with E-state index in [2.05, 4.69) is 15.6 Å². The summed E-state index contributed by atoms with van der Waals surface area (Å²) in [5, 5.41) is 6.23.